The lowest BCUT2D eigenvalue weighted by Gasteiger charge is -2.21. The van der Waals surface area contributed by atoms with Gasteiger partial charge in [0.1, 0.15) is 13.2 Å². The van der Waals surface area contributed by atoms with Gasteiger partial charge in [0.25, 0.3) is 0 Å². The van der Waals surface area contributed by atoms with Crippen LogP contribution >= 0.6 is 15.9 Å². The number of halogens is 1. The summed E-state index contributed by atoms with van der Waals surface area (Å²) in [6.07, 6.45) is 0. The molecule has 5 nitrogen and oxygen atoms in total. The summed E-state index contributed by atoms with van der Waals surface area (Å²) in [7, 11) is -3.61. The summed E-state index contributed by atoms with van der Waals surface area (Å²) in [5.41, 5.74) is 1.68. The molecule has 0 fully saturated rings. The standard InChI is InChI=1S/C17H18BrNO4S/c1-11-9-14(4-5-15(11)18)24(20,21)19-12(2)13-3-6-16-17(10-13)23-8-7-22-16/h3-6,9-10,12,19H,7-8H2,1-2H3. The molecule has 0 radical (unpaired) electrons. The van der Waals surface area contributed by atoms with Crippen molar-refractivity contribution in [1.82, 2.24) is 4.72 Å². The number of hydrogen-bond acceptors (Lipinski definition) is 4. The van der Waals surface area contributed by atoms with Crippen molar-refractivity contribution >= 4 is 26.0 Å². The van der Waals surface area contributed by atoms with Crippen LogP contribution in [0.5, 0.6) is 11.5 Å². The van der Waals surface area contributed by atoms with Gasteiger partial charge in [-0.05, 0) is 55.3 Å². The van der Waals surface area contributed by atoms with E-state index in [0.29, 0.717) is 24.7 Å². The van der Waals surface area contributed by atoms with Crippen molar-refractivity contribution in [2.75, 3.05) is 13.2 Å². The van der Waals surface area contributed by atoms with Gasteiger partial charge in [0.15, 0.2) is 11.5 Å². The fourth-order valence-corrected chi connectivity index (χ4v) is 4.05. The number of fused-ring (bicyclic) bond motifs is 1. The highest BCUT2D eigenvalue weighted by Crippen LogP contribution is 2.33. The molecule has 1 unspecified atom stereocenters. The van der Waals surface area contributed by atoms with E-state index in [1.165, 1.54) is 0 Å². The molecule has 3 rings (SSSR count). The Labute approximate surface area is 150 Å². The van der Waals surface area contributed by atoms with Crippen LogP contribution in [0.1, 0.15) is 24.1 Å². The highest BCUT2D eigenvalue weighted by Gasteiger charge is 2.21. The monoisotopic (exact) mass is 411 g/mol. The predicted octanol–water partition coefficient (Wildman–Crippen LogP) is 3.57. The Morgan fingerprint density at radius 3 is 2.50 bits per heavy atom. The molecule has 24 heavy (non-hydrogen) atoms. The van der Waals surface area contributed by atoms with Crippen LogP contribution < -0.4 is 14.2 Å². The summed E-state index contributed by atoms with van der Waals surface area (Å²) in [6.45, 7) is 4.67. The quantitative estimate of drug-likeness (QED) is 0.834. The molecular formula is C17H18BrNO4S. The zero-order valence-corrected chi connectivity index (χ0v) is 15.8. The summed E-state index contributed by atoms with van der Waals surface area (Å²) in [4.78, 5) is 0.243. The van der Waals surface area contributed by atoms with Gasteiger partial charge in [0, 0.05) is 10.5 Å². The average molecular weight is 412 g/mol. The molecule has 0 amide bonds. The van der Waals surface area contributed by atoms with Crippen LogP contribution in [0, 0.1) is 6.92 Å². The van der Waals surface area contributed by atoms with E-state index in [4.69, 9.17) is 9.47 Å². The van der Waals surface area contributed by atoms with Crippen LogP contribution in [0.4, 0.5) is 0 Å². The maximum Gasteiger partial charge on any atom is 0.241 e. The molecule has 1 aliphatic rings. The minimum Gasteiger partial charge on any atom is -0.486 e. The molecule has 1 atom stereocenters. The fraction of sp³-hybridized carbons (Fsp3) is 0.294. The number of sulfonamides is 1. The summed E-state index contributed by atoms with van der Waals surface area (Å²) in [6, 6.07) is 10.0. The summed E-state index contributed by atoms with van der Waals surface area (Å²) in [5, 5.41) is 0. The number of rotatable bonds is 4. The van der Waals surface area contributed by atoms with E-state index in [9.17, 15) is 8.42 Å². The molecule has 0 aromatic heterocycles. The van der Waals surface area contributed by atoms with Gasteiger partial charge in [0.2, 0.25) is 10.0 Å². The Morgan fingerprint density at radius 2 is 1.79 bits per heavy atom. The fourth-order valence-electron chi connectivity index (χ4n) is 2.48. The first-order chi connectivity index (χ1) is 11.4. The highest BCUT2D eigenvalue weighted by atomic mass is 79.9. The molecule has 0 spiro atoms. The molecule has 2 aromatic rings. The number of benzene rings is 2. The normalized spacial score (nSPS) is 15.1. The Bertz CT molecular complexity index is 867. The lowest BCUT2D eigenvalue weighted by Crippen LogP contribution is -2.27. The minimum absolute atomic E-state index is 0.243. The van der Waals surface area contributed by atoms with E-state index >= 15 is 0 Å². The Kier molecular flexibility index (Phi) is 4.85. The third-order valence-electron chi connectivity index (χ3n) is 3.84. The largest absolute Gasteiger partial charge is 0.486 e. The molecule has 7 heteroatoms. The van der Waals surface area contributed by atoms with Gasteiger partial charge in [-0.3, -0.25) is 0 Å². The molecule has 1 N–H and O–H groups in total. The molecule has 0 bridgehead atoms. The van der Waals surface area contributed by atoms with E-state index in [1.54, 1.807) is 31.2 Å². The maximum absolute atomic E-state index is 12.6. The smallest absolute Gasteiger partial charge is 0.241 e. The molecular weight excluding hydrogens is 394 g/mol. The first-order valence-electron chi connectivity index (χ1n) is 7.55. The first-order valence-corrected chi connectivity index (χ1v) is 9.82. The van der Waals surface area contributed by atoms with Gasteiger partial charge in [-0.1, -0.05) is 22.0 Å². The Morgan fingerprint density at radius 1 is 1.08 bits per heavy atom. The Hall–Kier alpha value is -1.57. The van der Waals surface area contributed by atoms with Crippen molar-refractivity contribution in [3.05, 3.63) is 52.0 Å². The number of ether oxygens (including phenoxy) is 2. The van der Waals surface area contributed by atoms with Crippen molar-refractivity contribution in [1.29, 1.82) is 0 Å². The molecule has 0 aliphatic carbocycles. The number of hydrogen-bond donors (Lipinski definition) is 1. The van der Waals surface area contributed by atoms with Crippen molar-refractivity contribution in [3.63, 3.8) is 0 Å². The van der Waals surface area contributed by atoms with Crippen LogP contribution in [0.25, 0.3) is 0 Å². The SMILES string of the molecule is Cc1cc(S(=O)(=O)NC(C)c2ccc3c(c2)OCCO3)ccc1Br. The van der Waals surface area contributed by atoms with E-state index in [-0.39, 0.29) is 4.90 Å². The van der Waals surface area contributed by atoms with Gasteiger partial charge in [-0.15, -0.1) is 0 Å². The summed E-state index contributed by atoms with van der Waals surface area (Å²) >= 11 is 3.38. The van der Waals surface area contributed by atoms with Crippen LogP contribution in [0.3, 0.4) is 0 Å². The number of aryl methyl sites for hydroxylation is 1. The summed E-state index contributed by atoms with van der Waals surface area (Å²) in [5.74, 6) is 1.33. The second-order valence-electron chi connectivity index (χ2n) is 5.66. The zero-order chi connectivity index (χ0) is 17.3. The molecule has 0 saturated heterocycles. The summed E-state index contributed by atoms with van der Waals surface area (Å²) < 4.78 is 39.8. The third kappa shape index (κ3) is 3.58. The average Bonchev–Trinajstić information content (AvgIpc) is 2.56. The van der Waals surface area contributed by atoms with Crippen molar-refractivity contribution in [2.24, 2.45) is 0 Å². The maximum atomic E-state index is 12.6. The molecule has 1 aliphatic heterocycles. The van der Waals surface area contributed by atoms with Crippen LogP contribution in [-0.2, 0) is 10.0 Å². The van der Waals surface area contributed by atoms with Gasteiger partial charge < -0.3 is 9.47 Å². The highest BCUT2D eigenvalue weighted by molar-refractivity contribution is 9.10. The topological polar surface area (TPSA) is 64.6 Å². The van der Waals surface area contributed by atoms with Gasteiger partial charge in [0.05, 0.1) is 4.90 Å². The lowest BCUT2D eigenvalue weighted by atomic mass is 10.1. The molecule has 0 saturated carbocycles. The minimum atomic E-state index is -3.61. The molecule has 2 aromatic carbocycles. The lowest BCUT2D eigenvalue weighted by molar-refractivity contribution is 0.171. The van der Waals surface area contributed by atoms with Crippen molar-refractivity contribution in [3.8, 4) is 11.5 Å². The van der Waals surface area contributed by atoms with Gasteiger partial charge in [-0.25, -0.2) is 13.1 Å². The van der Waals surface area contributed by atoms with E-state index in [0.717, 1.165) is 15.6 Å². The third-order valence-corrected chi connectivity index (χ3v) is 6.27. The zero-order valence-electron chi connectivity index (χ0n) is 13.4. The molecule has 128 valence electrons. The van der Waals surface area contributed by atoms with E-state index in [2.05, 4.69) is 20.7 Å². The number of nitrogens with one attached hydrogen (secondary N) is 1. The van der Waals surface area contributed by atoms with Crippen molar-refractivity contribution in [2.45, 2.75) is 24.8 Å². The van der Waals surface area contributed by atoms with Gasteiger partial charge in [-0.2, -0.15) is 0 Å². The van der Waals surface area contributed by atoms with Crippen molar-refractivity contribution < 1.29 is 17.9 Å². The second-order valence-corrected chi connectivity index (χ2v) is 8.23. The van der Waals surface area contributed by atoms with E-state index < -0.39 is 16.1 Å². The Balaban J connectivity index is 1.82. The van der Waals surface area contributed by atoms with E-state index in [1.807, 2.05) is 19.1 Å². The molecule has 1 heterocycles. The van der Waals surface area contributed by atoms with Crippen LogP contribution in [0.15, 0.2) is 45.8 Å². The van der Waals surface area contributed by atoms with Crippen LogP contribution in [0.2, 0.25) is 0 Å². The first kappa shape index (κ1) is 17.3. The van der Waals surface area contributed by atoms with Gasteiger partial charge >= 0.3 is 0 Å². The second kappa shape index (κ2) is 6.74. The predicted molar refractivity (Wildman–Crippen MR) is 95.0 cm³/mol. The van der Waals surface area contributed by atoms with Crippen LogP contribution in [-0.4, -0.2) is 21.6 Å².